The SMILES string of the molecule is Cc1ccc2[nH]ncc2c1Oc1cccc2c(N3CCNCC3)ncnc12. The Kier molecular flexibility index (Phi) is 3.86. The average Bonchev–Trinajstić information content (AvgIpc) is 3.19. The zero-order chi connectivity index (χ0) is 18.2. The second kappa shape index (κ2) is 6.51. The van der Waals surface area contributed by atoms with Crippen molar-refractivity contribution in [3.8, 4) is 11.5 Å². The van der Waals surface area contributed by atoms with Gasteiger partial charge in [-0.15, -0.1) is 0 Å². The summed E-state index contributed by atoms with van der Waals surface area (Å²) in [7, 11) is 0. The number of nitrogens with one attached hydrogen (secondary N) is 2. The van der Waals surface area contributed by atoms with Gasteiger partial charge in [-0.3, -0.25) is 5.10 Å². The monoisotopic (exact) mass is 360 g/mol. The summed E-state index contributed by atoms with van der Waals surface area (Å²) in [6, 6.07) is 10.1. The van der Waals surface area contributed by atoms with Crippen LogP contribution in [0.25, 0.3) is 21.8 Å². The van der Waals surface area contributed by atoms with Gasteiger partial charge in [0.05, 0.1) is 17.1 Å². The quantitative estimate of drug-likeness (QED) is 0.585. The Bertz CT molecular complexity index is 1120. The maximum absolute atomic E-state index is 6.36. The molecule has 1 aliphatic rings. The number of piperazine rings is 1. The highest BCUT2D eigenvalue weighted by Gasteiger charge is 2.17. The van der Waals surface area contributed by atoms with Crippen LogP contribution >= 0.6 is 0 Å². The number of aromatic amines is 1. The molecule has 1 fully saturated rings. The van der Waals surface area contributed by atoms with Crippen LogP contribution in [0.15, 0.2) is 42.9 Å². The summed E-state index contributed by atoms with van der Waals surface area (Å²) in [5, 5.41) is 12.5. The summed E-state index contributed by atoms with van der Waals surface area (Å²) in [5.41, 5.74) is 2.82. The van der Waals surface area contributed by atoms with E-state index in [9.17, 15) is 0 Å². The van der Waals surface area contributed by atoms with Gasteiger partial charge in [0, 0.05) is 31.6 Å². The van der Waals surface area contributed by atoms with E-state index < -0.39 is 0 Å². The number of ether oxygens (including phenoxy) is 1. The average molecular weight is 360 g/mol. The third-order valence-corrected chi connectivity index (χ3v) is 5.01. The molecule has 2 aromatic carbocycles. The van der Waals surface area contributed by atoms with Crippen LogP contribution in [0.2, 0.25) is 0 Å². The van der Waals surface area contributed by atoms with Crippen LogP contribution in [-0.4, -0.2) is 46.3 Å². The van der Waals surface area contributed by atoms with E-state index in [1.807, 2.05) is 31.2 Å². The van der Waals surface area contributed by atoms with Gasteiger partial charge >= 0.3 is 0 Å². The van der Waals surface area contributed by atoms with Crippen LogP contribution < -0.4 is 15.0 Å². The van der Waals surface area contributed by atoms with E-state index in [-0.39, 0.29) is 0 Å². The molecule has 0 aliphatic carbocycles. The van der Waals surface area contributed by atoms with Gasteiger partial charge in [-0.1, -0.05) is 12.1 Å². The first-order valence-electron chi connectivity index (χ1n) is 9.11. The zero-order valence-corrected chi connectivity index (χ0v) is 15.1. The van der Waals surface area contributed by atoms with E-state index in [0.717, 1.165) is 70.9 Å². The number of rotatable bonds is 3. The first-order valence-corrected chi connectivity index (χ1v) is 9.11. The second-order valence-corrected chi connectivity index (χ2v) is 6.73. The largest absolute Gasteiger partial charge is 0.454 e. The topological polar surface area (TPSA) is 79.0 Å². The summed E-state index contributed by atoms with van der Waals surface area (Å²) < 4.78 is 6.36. The molecule has 2 aromatic heterocycles. The number of nitrogens with zero attached hydrogens (tertiary/aromatic N) is 4. The lowest BCUT2D eigenvalue weighted by Crippen LogP contribution is -2.44. The fourth-order valence-corrected chi connectivity index (χ4v) is 3.60. The summed E-state index contributed by atoms with van der Waals surface area (Å²) in [4.78, 5) is 11.4. The lowest BCUT2D eigenvalue weighted by molar-refractivity contribution is 0.489. The fourth-order valence-electron chi connectivity index (χ4n) is 3.60. The third kappa shape index (κ3) is 2.76. The number of H-pyrrole nitrogens is 1. The Morgan fingerprint density at radius 3 is 2.81 bits per heavy atom. The highest BCUT2D eigenvalue weighted by Crippen LogP contribution is 2.36. The number of hydrogen-bond acceptors (Lipinski definition) is 6. The van der Waals surface area contributed by atoms with Gasteiger partial charge in [0.25, 0.3) is 0 Å². The molecule has 4 aromatic rings. The predicted molar refractivity (Wildman–Crippen MR) is 106 cm³/mol. The molecule has 0 atom stereocenters. The Labute approximate surface area is 156 Å². The summed E-state index contributed by atoms with van der Waals surface area (Å²) in [5.74, 6) is 2.49. The molecular weight excluding hydrogens is 340 g/mol. The number of aromatic nitrogens is 4. The van der Waals surface area contributed by atoms with Crippen molar-refractivity contribution in [2.75, 3.05) is 31.1 Å². The van der Waals surface area contributed by atoms with E-state index in [2.05, 4.69) is 36.4 Å². The molecular formula is C20H20N6O. The Hall–Kier alpha value is -3.19. The van der Waals surface area contributed by atoms with Crippen molar-refractivity contribution in [2.45, 2.75) is 6.92 Å². The highest BCUT2D eigenvalue weighted by molar-refractivity contribution is 5.94. The summed E-state index contributed by atoms with van der Waals surface area (Å²) in [6.45, 7) is 5.83. The van der Waals surface area contributed by atoms with Gasteiger partial charge < -0.3 is 15.0 Å². The number of hydrogen-bond donors (Lipinski definition) is 2. The van der Waals surface area contributed by atoms with E-state index in [1.54, 1.807) is 12.5 Å². The van der Waals surface area contributed by atoms with Gasteiger partial charge in [-0.05, 0) is 30.7 Å². The minimum atomic E-state index is 0.725. The van der Waals surface area contributed by atoms with Gasteiger partial charge in [-0.25, -0.2) is 9.97 Å². The van der Waals surface area contributed by atoms with Crippen molar-refractivity contribution in [2.24, 2.45) is 0 Å². The molecule has 2 N–H and O–H groups in total. The molecule has 3 heterocycles. The number of aryl methyl sites for hydroxylation is 1. The van der Waals surface area contributed by atoms with Crippen LogP contribution in [0.1, 0.15) is 5.56 Å². The Morgan fingerprint density at radius 1 is 1.04 bits per heavy atom. The maximum atomic E-state index is 6.36. The predicted octanol–water partition coefficient (Wildman–Crippen LogP) is 3.02. The molecule has 0 saturated carbocycles. The third-order valence-electron chi connectivity index (χ3n) is 5.01. The first kappa shape index (κ1) is 16.0. The number of benzene rings is 2. The maximum Gasteiger partial charge on any atom is 0.153 e. The normalized spacial score (nSPS) is 14.8. The molecule has 5 rings (SSSR count). The van der Waals surface area contributed by atoms with Crippen LogP contribution in [0, 0.1) is 6.92 Å². The van der Waals surface area contributed by atoms with Crippen molar-refractivity contribution in [1.29, 1.82) is 0 Å². The second-order valence-electron chi connectivity index (χ2n) is 6.73. The van der Waals surface area contributed by atoms with Crippen molar-refractivity contribution in [3.05, 3.63) is 48.4 Å². The van der Waals surface area contributed by atoms with Crippen LogP contribution in [0.4, 0.5) is 5.82 Å². The van der Waals surface area contributed by atoms with Gasteiger partial charge in [0.2, 0.25) is 0 Å². The molecule has 0 bridgehead atoms. The van der Waals surface area contributed by atoms with E-state index in [1.165, 1.54) is 0 Å². The van der Waals surface area contributed by atoms with Crippen LogP contribution in [0.3, 0.4) is 0 Å². The number of fused-ring (bicyclic) bond motifs is 2. The van der Waals surface area contributed by atoms with Crippen molar-refractivity contribution in [3.63, 3.8) is 0 Å². The molecule has 136 valence electrons. The van der Waals surface area contributed by atoms with Gasteiger partial charge in [0.15, 0.2) is 5.75 Å². The Morgan fingerprint density at radius 2 is 1.93 bits per heavy atom. The van der Waals surface area contributed by atoms with Gasteiger partial charge in [0.1, 0.15) is 23.4 Å². The highest BCUT2D eigenvalue weighted by atomic mass is 16.5. The molecule has 27 heavy (non-hydrogen) atoms. The van der Waals surface area contributed by atoms with Gasteiger partial charge in [-0.2, -0.15) is 5.10 Å². The van der Waals surface area contributed by atoms with Crippen LogP contribution in [-0.2, 0) is 0 Å². The molecule has 0 amide bonds. The molecule has 7 heteroatoms. The number of anilines is 1. The standard InChI is InChI=1S/C20H20N6O/c1-13-5-6-16-15(11-24-25-16)19(13)27-17-4-2-3-14-18(17)22-12-23-20(14)26-9-7-21-8-10-26/h2-6,11-12,21H,7-10H2,1H3,(H,24,25). The van der Waals surface area contributed by atoms with E-state index in [0.29, 0.717) is 0 Å². The minimum absolute atomic E-state index is 0.725. The lowest BCUT2D eigenvalue weighted by Gasteiger charge is -2.29. The minimum Gasteiger partial charge on any atom is -0.454 e. The van der Waals surface area contributed by atoms with Crippen molar-refractivity contribution >= 4 is 27.6 Å². The smallest absolute Gasteiger partial charge is 0.153 e. The number of para-hydroxylation sites is 1. The molecule has 1 aliphatic heterocycles. The van der Waals surface area contributed by atoms with E-state index in [4.69, 9.17) is 4.74 Å². The molecule has 0 unspecified atom stereocenters. The van der Waals surface area contributed by atoms with Crippen molar-refractivity contribution in [1.82, 2.24) is 25.5 Å². The van der Waals surface area contributed by atoms with E-state index >= 15 is 0 Å². The molecule has 1 saturated heterocycles. The molecule has 0 spiro atoms. The first-order chi connectivity index (χ1) is 13.3. The lowest BCUT2D eigenvalue weighted by atomic mass is 10.1. The molecule has 7 nitrogen and oxygen atoms in total. The Balaban J connectivity index is 1.61. The fraction of sp³-hybridized carbons (Fsp3) is 0.250. The van der Waals surface area contributed by atoms with Crippen LogP contribution in [0.5, 0.6) is 11.5 Å². The molecule has 0 radical (unpaired) electrons. The summed E-state index contributed by atoms with van der Waals surface area (Å²) >= 11 is 0. The zero-order valence-electron chi connectivity index (χ0n) is 15.1. The summed E-state index contributed by atoms with van der Waals surface area (Å²) in [6.07, 6.45) is 3.42. The van der Waals surface area contributed by atoms with Crippen molar-refractivity contribution < 1.29 is 4.74 Å².